The first-order valence-electron chi connectivity index (χ1n) is 15.6. The molecule has 4 aromatic rings. The minimum atomic E-state index is -1.32. The average molecular weight is 666 g/mol. The third kappa shape index (κ3) is 9.13. The Morgan fingerprint density at radius 1 is 1.04 bits per heavy atom. The van der Waals surface area contributed by atoms with Gasteiger partial charge in [0.25, 0.3) is 0 Å². The van der Waals surface area contributed by atoms with E-state index in [0.717, 1.165) is 31.0 Å². The SMILES string of the molecule is CC(C)(C)OC(=O)NCc1cc(F)c(Oc2ccnc3c2c(-c2ccnc(NC(=O)C4CC4)c2)cn3COCC[Si](C)(C)C)c(F)c1. The minimum Gasteiger partial charge on any atom is -0.450 e. The number of aromatic nitrogens is 3. The third-order valence-corrected chi connectivity index (χ3v) is 9.03. The quantitative estimate of drug-likeness (QED) is 0.117. The van der Waals surface area contributed by atoms with Crippen LogP contribution in [0.1, 0.15) is 39.2 Å². The molecule has 1 fully saturated rings. The van der Waals surface area contributed by atoms with Crippen LogP contribution in [0.2, 0.25) is 25.7 Å². The number of ether oxygens (including phenoxy) is 3. The summed E-state index contributed by atoms with van der Waals surface area (Å²) >= 11 is 0. The number of benzene rings is 1. The number of anilines is 1. The number of hydrogen-bond donors (Lipinski definition) is 2. The van der Waals surface area contributed by atoms with Gasteiger partial charge in [0, 0.05) is 51.3 Å². The highest BCUT2D eigenvalue weighted by molar-refractivity contribution is 6.76. The number of alkyl carbamates (subject to hydrolysis) is 1. The number of hydrogen-bond acceptors (Lipinski definition) is 7. The van der Waals surface area contributed by atoms with Gasteiger partial charge < -0.3 is 29.4 Å². The highest BCUT2D eigenvalue weighted by Crippen LogP contribution is 2.40. The van der Waals surface area contributed by atoms with Crippen LogP contribution in [-0.4, -0.2) is 46.8 Å². The molecule has 0 radical (unpaired) electrons. The number of fused-ring (bicyclic) bond motifs is 1. The van der Waals surface area contributed by atoms with Gasteiger partial charge in [0.2, 0.25) is 5.91 Å². The maximum absolute atomic E-state index is 15.4. The molecular weight excluding hydrogens is 624 g/mol. The molecule has 2 amide bonds. The van der Waals surface area contributed by atoms with Crippen LogP contribution in [0.25, 0.3) is 22.2 Å². The number of carbonyl (C=O) groups is 2. The normalized spacial score (nSPS) is 13.4. The van der Waals surface area contributed by atoms with Crippen molar-refractivity contribution in [2.45, 2.75) is 78.2 Å². The third-order valence-electron chi connectivity index (χ3n) is 7.32. The Labute approximate surface area is 273 Å². The van der Waals surface area contributed by atoms with E-state index in [4.69, 9.17) is 14.2 Å². The van der Waals surface area contributed by atoms with Gasteiger partial charge in [-0.25, -0.2) is 23.5 Å². The summed E-state index contributed by atoms with van der Waals surface area (Å²) < 4.78 is 49.7. The first-order valence-corrected chi connectivity index (χ1v) is 19.3. The van der Waals surface area contributed by atoms with E-state index in [2.05, 4.69) is 40.2 Å². The van der Waals surface area contributed by atoms with E-state index in [0.29, 0.717) is 34.6 Å². The highest BCUT2D eigenvalue weighted by Gasteiger charge is 2.30. The van der Waals surface area contributed by atoms with Crippen LogP contribution in [0, 0.1) is 17.6 Å². The van der Waals surface area contributed by atoms with Gasteiger partial charge >= 0.3 is 6.09 Å². The Bertz CT molecular complexity index is 1760. The number of nitrogens with one attached hydrogen (secondary N) is 2. The van der Waals surface area contributed by atoms with Gasteiger partial charge in [0.1, 0.15) is 29.5 Å². The van der Waals surface area contributed by atoms with E-state index in [9.17, 15) is 9.59 Å². The molecule has 0 atom stereocenters. The van der Waals surface area contributed by atoms with Gasteiger partial charge in [-0.1, -0.05) is 19.6 Å². The van der Waals surface area contributed by atoms with Gasteiger partial charge in [-0.3, -0.25) is 4.79 Å². The molecule has 250 valence electrons. The van der Waals surface area contributed by atoms with E-state index < -0.39 is 37.2 Å². The molecular formula is C34H41F2N5O5Si. The van der Waals surface area contributed by atoms with E-state index in [-0.39, 0.29) is 36.4 Å². The molecule has 5 rings (SSSR count). The van der Waals surface area contributed by atoms with E-state index >= 15 is 8.78 Å². The van der Waals surface area contributed by atoms with Gasteiger partial charge in [-0.05, 0) is 81.1 Å². The van der Waals surface area contributed by atoms with Crippen LogP contribution in [0.4, 0.5) is 19.4 Å². The van der Waals surface area contributed by atoms with E-state index in [1.54, 1.807) is 39.1 Å². The molecule has 10 nitrogen and oxygen atoms in total. The first kappa shape index (κ1) is 34.0. The number of amides is 2. The molecule has 1 aliphatic carbocycles. The summed E-state index contributed by atoms with van der Waals surface area (Å²) in [5, 5.41) is 5.87. The molecule has 47 heavy (non-hydrogen) atoms. The van der Waals surface area contributed by atoms with Crippen LogP contribution < -0.4 is 15.4 Å². The first-order chi connectivity index (χ1) is 22.2. The number of carbonyl (C=O) groups excluding carboxylic acids is 2. The minimum absolute atomic E-state index is 0.00385. The van der Waals surface area contributed by atoms with Gasteiger partial charge in [-0.15, -0.1) is 0 Å². The van der Waals surface area contributed by atoms with Crippen molar-refractivity contribution >= 4 is 36.9 Å². The van der Waals surface area contributed by atoms with Crippen molar-refractivity contribution < 1.29 is 32.6 Å². The second-order valence-corrected chi connectivity index (χ2v) is 19.5. The van der Waals surface area contributed by atoms with Crippen LogP contribution in [0.5, 0.6) is 11.5 Å². The Hall–Kier alpha value is -4.36. The van der Waals surface area contributed by atoms with Gasteiger partial charge in [0.15, 0.2) is 17.4 Å². The lowest BCUT2D eigenvalue weighted by Gasteiger charge is -2.19. The van der Waals surface area contributed by atoms with E-state index in [1.807, 2.05) is 10.8 Å². The van der Waals surface area contributed by atoms with E-state index in [1.165, 1.54) is 12.3 Å². The maximum atomic E-state index is 15.4. The summed E-state index contributed by atoms with van der Waals surface area (Å²) in [5.41, 5.74) is 1.32. The number of nitrogens with zero attached hydrogens (tertiary/aromatic N) is 3. The molecule has 0 bridgehead atoms. The summed E-state index contributed by atoms with van der Waals surface area (Å²) in [7, 11) is -1.32. The fourth-order valence-corrected chi connectivity index (χ4v) is 5.54. The predicted octanol–water partition coefficient (Wildman–Crippen LogP) is 7.85. The average Bonchev–Trinajstić information content (AvgIpc) is 3.76. The second kappa shape index (κ2) is 13.8. The Balaban J connectivity index is 1.46. The van der Waals surface area contributed by atoms with Crippen molar-refractivity contribution in [1.82, 2.24) is 19.9 Å². The van der Waals surface area contributed by atoms with Crippen LogP contribution >= 0.6 is 0 Å². The van der Waals surface area contributed by atoms with Crippen molar-refractivity contribution in [2.24, 2.45) is 5.92 Å². The van der Waals surface area contributed by atoms with Crippen molar-refractivity contribution in [3.05, 3.63) is 66.1 Å². The molecule has 1 aliphatic rings. The lowest BCUT2D eigenvalue weighted by Crippen LogP contribution is -2.32. The molecule has 3 aromatic heterocycles. The monoisotopic (exact) mass is 665 g/mol. The largest absolute Gasteiger partial charge is 0.450 e. The Morgan fingerprint density at radius 2 is 1.74 bits per heavy atom. The maximum Gasteiger partial charge on any atom is 0.407 e. The standard InChI is InChI=1S/C34H41F2N5O5Si/c1-34(2,3)46-33(43)39-18-21-15-25(35)30(26(36)16-21)45-27-10-12-38-31-29(27)24(19-41(31)20-44-13-14-47(4,5)6)23-9-11-37-28(17-23)40-32(42)22-7-8-22/h9-12,15-17,19,22H,7-8,13-14,18,20H2,1-6H3,(H,39,43)(H,37,40,42). The molecule has 0 saturated heterocycles. The molecule has 0 unspecified atom stereocenters. The Morgan fingerprint density at radius 3 is 2.40 bits per heavy atom. The molecule has 3 heterocycles. The topological polar surface area (TPSA) is 117 Å². The van der Waals surface area contributed by atoms with Gasteiger partial charge in [0.05, 0.1) is 5.39 Å². The van der Waals surface area contributed by atoms with Gasteiger partial charge in [-0.2, -0.15) is 0 Å². The molecule has 1 saturated carbocycles. The second-order valence-electron chi connectivity index (χ2n) is 13.9. The fraction of sp³-hybridized carbons (Fsp3) is 0.412. The van der Waals surface area contributed by atoms with Crippen molar-refractivity contribution in [1.29, 1.82) is 0 Å². The smallest absolute Gasteiger partial charge is 0.407 e. The molecule has 2 N–H and O–H groups in total. The molecule has 0 aliphatic heterocycles. The predicted molar refractivity (Wildman–Crippen MR) is 178 cm³/mol. The zero-order valence-electron chi connectivity index (χ0n) is 27.6. The molecule has 13 heteroatoms. The summed E-state index contributed by atoms with van der Waals surface area (Å²) in [6.45, 7) is 12.6. The lowest BCUT2D eigenvalue weighted by molar-refractivity contribution is -0.117. The number of rotatable bonds is 12. The summed E-state index contributed by atoms with van der Waals surface area (Å²) in [6, 6.07) is 8.25. The zero-order valence-corrected chi connectivity index (χ0v) is 28.6. The fourth-order valence-electron chi connectivity index (χ4n) is 4.78. The number of pyridine rings is 2. The molecule has 1 aromatic carbocycles. The summed E-state index contributed by atoms with van der Waals surface area (Å²) in [5.74, 6) is -2.00. The van der Waals surface area contributed by atoms with Crippen LogP contribution in [0.15, 0.2) is 48.9 Å². The number of halogens is 2. The molecule has 0 spiro atoms. The zero-order chi connectivity index (χ0) is 33.9. The van der Waals surface area contributed by atoms with Crippen LogP contribution in [0.3, 0.4) is 0 Å². The van der Waals surface area contributed by atoms with Crippen molar-refractivity contribution in [3.8, 4) is 22.6 Å². The van der Waals surface area contributed by atoms with Crippen molar-refractivity contribution in [3.63, 3.8) is 0 Å². The summed E-state index contributed by atoms with van der Waals surface area (Å²) in [4.78, 5) is 33.3. The van der Waals surface area contributed by atoms with Crippen LogP contribution in [-0.2, 0) is 27.5 Å². The summed E-state index contributed by atoms with van der Waals surface area (Å²) in [6.07, 6.45) is 5.95. The highest BCUT2D eigenvalue weighted by atomic mass is 28.3. The Kier molecular flexibility index (Phi) is 9.96. The lowest BCUT2D eigenvalue weighted by atomic mass is 10.1. The van der Waals surface area contributed by atoms with Crippen molar-refractivity contribution in [2.75, 3.05) is 11.9 Å².